The summed E-state index contributed by atoms with van der Waals surface area (Å²) in [7, 11) is 0. The summed E-state index contributed by atoms with van der Waals surface area (Å²) in [6, 6.07) is 84.6. The fourth-order valence-corrected chi connectivity index (χ4v) is 10.2. The van der Waals surface area contributed by atoms with E-state index >= 15 is 0 Å². The maximum atomic E-state index is 2.47. The maximum absolute atomic E-state index is 2.47. The van der Waals surface area contributed by atoms with E-state index in [1.54, 1.807) is 0 Å². The monoisotopic (exact) mass is 810 g/mol. The van der Waals surface area contributed by atoms with Crippen LogP contribution in [0.1, 0.15) is 22.3 Å². The second kappa shape index (κ2) is 15.9. The Bertz CT molecular complexity index is 3450. The molecule has 298 valence electrons. The van der Waals surface area contributed by atoms with Gasteiger partial charge in [0.15, 0.2) is 0 Å². The van der Waals surface area contributed by atoms with Crippen molar-refractivity contribution in [1.29, 1.82) is 0 Å². The molecule has 0 spiro atoms. The van der Waals surface area contributed by atoms with Crippen molar-refractivity contribution in [3.63, 3.8) is 0 Å². The van der Waals surface area contributed by atoms with Crippen molar-refractivity contribution in [3.8, 4) is 33.4 Å². The first-order chi connectivity index (χ1) is 31.8. The van der Waals surface area contributed by atoms with Crippen molar-refractivity contribution in [2.75, 3.05) is 0 Å². The van der Waals surface area contributed by atoms with Crippen molar-refractivity contribution >= 4 is 88.9 Å². The third-order valence-electron chi connectivity index (χ3n) is 13.0. The molecule has 12 aromatic rings. The molecule has 0 bridgehead atoms. The lowest BCUT2D eigenvalue weighted by Gasteiger charge is -2.21. The van der Waals surface area contributed by atoms with Gasteiger partial charge in [-0.05, 0) is 145 Å². The number of hydrogen-bond acceptors (Lipinski definition) is 0. The summed E-state index contributed by atoms with van der Waals surface area (Å²) in [6.07, 6.45) is 9.10. The molecule has 0 heteroatoms. The Labute approximate surface area is 373 Å². The average molecular weight is 811 g/mol. The predicted molar refractivity (Wildman–Crippen MR) is 279 cm³/mol. The minimum absolute atomic E-state index is 1.18. The molecule has 0 aliphatic heterocycles. The molecule has 0 aliphatic rings. The number of fused-ring (bicyclic) bond motifs is 6. The van der Waals surface area contributed by atoms with Crippen molar-refractivity contribution in [3.05, 3.63) is 253 Å². The van der Waals surface area contributed by atoms with Crippen LogP contribution in [0.25, 0.3) is 122 Å². The summed E-state index contributed by atoms with van der Waals surface area (Å²) in [5, 5.41) is 14.8. The average Bonchev–Trinajstić information content (AvgIpc) is 3.36. The highest BCUT2D eigenvalue weighted by Gasteiger charge is 2.21. The topological polar surface area (TPSA) is 0 Å². The van der Waals surface area contributed by atoms with Crippen molar-refractivity contribution in [2.24, 2.45) is 0 Å². The molecule has 0 fully saturated rings. The van der Waals surface area contributed by atoms with Gasteiger partial charge >= 0.3 is 0 Å². The number of benzene rings is 12. The van der Waals surface area contributed by atoms with E-state index < -0.39 is 0 Å². The van der Waals surface area contributed by atoms with Gasteiger partial charge in [0.1, 0.15) is 0 Å². The molecule has 0 aromatic heterocycles. The van der Waals surface area contributed by atoms with E-state index in [9.17, 15) is 0 Å². The molecule has 0 atom stereocenters. The SMILES string of the molecule is C(=C\c1c2ccccc2c(-c2cc(-c3c4ccccc4cc4ccccc34)cc(-c3c4ccccc4c(/C=C/c4ccccc4)c4ccccc34)c2)c2ccccc12)/c1ccccc1. The Morgan fingerprint density at radius 3 is 0.812 bits per heavy atom. The van der Waals surface area contributed by atoms with E-state index in [-0.39, 0.29) is 0 Å². The molecule has 0 heterocycles. The molecule has 12 aromatic carbocycles. The van der Waals surface area contributed by atoms with Crippen LogP contribution in [-0.2, 0) is 0 Å². The molecule has 12 rings (SSSR count). The lowest BCUT2D eigenvalue weighted by Crippen LogP contribution is -1.94. The highest BCUT2D eigenvalue weighted by molar-refractivity contribution is 6.22. The Hall–Kier alpha value is -8.32. The molecule has 0 aliphatic carbocycles. The van der Waals surface area contributed by atoms with Gasteiger partial charge in [0.2, 0.25) is 0 Å². The molecule has 64 heavy (non-hydrogen) atoms. The second-order valence-corrected chi connectivity index (χ2v) is 16.7. The van der Waals surface area contributed by atoms with Crippen molar-refractivity contribution < 1.29 is 0 Å². The van der Waals surface area contributed by atoms with Crippen LogP contribution < -0.4 is 0 Å². The largest absolute Gasteiger partial charge is 0.0622 e. The zero-order chi connectivity index (χ0) is 42.4. The van der Waals surface area contributed by atoms with Crippen LogP contribution in [0.4, 0.5) is 0 Å². The third kappa shape index (κ3) is 6.48. The van der Waals surface area contributed by atoms with Crippen LogP contribution in [0.5, 0.6) is 0 Å². The first-order valence-electron chi connectivity index (χ1n) is 22.2. The molecular weight excluding hydrogens is 769 g/mol. The summed E-state index contributed by atoms with van der Waals surface area (Å²) in [6.45, 7) is 0. The van der Waals surface area contributed by atoms with E-state index in [4.69, 9.17) is 0 Å². The second-order valence-electron chi connectivity index (χ2n) is 16.7. The summed E-state index contributed by atoms with van der Waals surface area (Å²) in [5.74, 6) is 0. The zero-order valence-electron chi connectivity index (χ0n) is 35.2. The molecular formula is C64H42. The Kier molecular flexibility index (Phi) is 9.28. The Balaban J connectivity index is 1.20. The molecule has 0 nitrogen and oxygen atoms in total. The molecule has 0 radical (unpaired) electrons. The fraction of sp³-hybridized carbons (Fsp3) is 0. The number of hydrogen-bond donors (Lipinski definition) is 0. The first-order valence-corrected chi connectivity index (χ1v) is 22.2. The minimum atomic E-state index is 1.18. The molecule has 0 unspecified atom stereocenters. The van der Waals surface area contributed by atoms with Gasteiger partial charge in [0, 0.05) is 0 Å². The van der Waals surface area contributed by atoms with Gasteiger partial charge in [-0.2, -0.15) is 0 Å². The Morgan fingerprint density at radius 1 is 0.203 bits per heavy atom. The number of rotatable bonds is 7. The lowest BCUT2D eigenvalue weighted by molar-refractivity contribution is 1.63. The Morgan fingerprint density at radius 2 is 0.469 bits per heavy atom. The zero-order valence-corrected chi connectivity index (χ0v) is 35.2. The van der Waals surface area contributed by atoms with Crippen molar-refractivity contribution in [1.82, 2.24) is 0 Å². The van der Waals surface area contributed by atoms with E-state index in [1.165, 1.54) is 120 Å². The summed E-state index contributed by atoms with van der Waals surface area (Å²) in [4.78, 5) is 0. The minimum Gasteiger partial charge on any atom is -0.0622 e. The van der Waals surface area contributed by atoms with Gasteiger partial charge in [-0.15, -0.1) is 0 Å². The smallest absolute Gasteiger partial charge is 0.00259 e. The summed E-state index contributed by atoms with van der Waals surface area (Å²) in [5.41, 5.74) is 12.1. The van der Waals surface area contributed by atoms with Gasteiger partial charge in [-0.3, -0.25) is 0 Å². The normalized spacial score (nSPS) is 11.9. The van der Waals surface area contributed by atoms with Gasteiger partial charge in [-0.1, -0.05) is 231 Å². The van der Waals surface area contributed by atoms with Crippen LogP contribution >= 0.6 is 0 Å². The van der Waals surface area contributed by atoms with Crippen molar-refractivity contribution in [2.45, 2.75) is 0 Å². The van der Waals surface area contributed by atoms with E-state index in [1.807, 2.05) is 0 Å². The predicted octanol–water partition coefficient (Wildman–Crippen LogP) is 17.9. The van der Waals surface area contributed by atoms with E-state index in [0.29, 0.717) is 0 Å². The molecule has 0 saturated carbocycles. The van der Waals surface area contributed by atoms with Crippen LogP contribution in [0.3, 0.4) is 0 Å². The van der Waals surface area contributed by atoms with Gasteiger partial charge in [0.05, 0.1) is 0 Å². The quantitative estimate of drug-likeness (QED) is 0.111. The first kappa shape index (κ1) is 37.4. The van der Waals surface area contributed by atoms with Crippen LogP contribution in [0, 0.1) is 0 Å². The van der Waals surface area contributed by atoms with Crippen LogP contribution in [-0.4, -0.2) is 0 Å². The van der Waals surface area contributed by atoms with E-state index in [2.05, 4.69) is 255 Å². The molecule has 0 amide bonds. The fourth-order valence-electron chi connectivity index (χ4n) is 10.2. The standard InChI is InChI=1S/C64H42/c1-3-19-43(20-4-1)35-37-56-52-27-11-15-31-58(52)63(59-32-16-12-28-53(56)59)48-40-47(62-50-25-9-7-23-45(50)39-46-24-8-10-26-51(46)62)41-49(42-48)64-60-33-17-13-29-54(60)57(55-30-14-18-34-61(55)64)38-36-44-21-5-2-6-22-44/h1-42H/b37-35+,38-36+. The summed E-state index contributed by atoms with van der Waals surface area (Å²) < 4.78 is 0. The van der Waals surface area contributed by atoms with Crippen LogP contribution in [0.2, 0.25) is 0 Å². The molecule has 0 saturated heterocycles. The van der Waals surface area contributed by atoms with Gasteiger partial charge < -0.3 is 0 Å². The maximum Gasteiger partial charge on any atom is -0.00259 e. The third-order valence-corrected chi connectivity index (χ3v) is 13.0. The van der Waals surface area contributed by atoms with Gasteiger partial charge in [0.25, 0.3) is 0 Å². The summed E-state index contributed by atoms with van der Waals surface area (Å²) >= 11 is 0. The van der Waals surface area contributed by atoms with Gasteiger partial charge in [-0.25, -0.2) is 0 Å². The highest BCUT2D eigenvalue weighted by atomic mass is 14.2. The van der Waals surface area contributed by atoms with E-state index in [0.717, 1.165) is 0 Å². The van der Waals surface area contributed by atoms with Crippen LogP contribution in [0.15, 0.2) is 231 Å². The highest BCUT2D eigenvalue weighted by Crippen LogP contribution is 2.47. The lowest BCUT2D eigenvalue weighted by atomic mass is 9.82. The molecule has 0 N–H and O–H groups in total.